The summed E-state index contributed by atoms with van der Waals surface area (Å²) in [5.74, 6) is 1.72. The number of hydrogen-bond acceptors (Lipinski definition) is 6. The summed E-state index contributed by atoms with van der Waals surface area (Å²) in [4.78, 5) is 11.3. The van der Waals surface area contributed by atoms with Crippen LogP contribution in [-0.2, 0) is 11.3 Å². The predicted octanol–water partition coefficient (Wildman–Crippen LogP) is 2.55. The van der Waals surface area contributed by atoms with Crippen molar-refractivity contribution in [1.82, 2.24) is 14.9 Å². The molecule has 25 heavy (non-hydrogen) atoms. The highest BCUT2D eigenvalue weighted by Crippen LogP contribution is 2.29. The Balaban J connectivity index is 1.91. The Morgan fingerprint density at radius 3 is 3.00 bits per heavy atom. The number of ether oxygens (including phenoxy) is 2. The van der Waals surface area contributed by atoms with E-state index in [1.165, 1.54) is 6.07 Å². The molecule has 0 bridgehead atoms. The molecule has 2 heterocycles. The number of halogens is 1. The normalized spacial score (nSPS) is 18.2. The summed E-state index contributed by atoms with van der Waals surface area (Å²) in [5, 5.41) is 3.05. The van der Waals surface area contributed by atoms with Gasteiger partial charge < -0.3 is 14.8 Å². The molecule has 6 nitrogen and oxygen atoms in total. The Morgan fingerprint density at radius 1 is 1.40 bits per heavy atom. The first-order valence-electron chi connectivity index (χ1n) is 8.29. The molecule has 1 aliphatic rings. The highest BCUT2D eigenvalue weighted by molar-refractivity contribution is 5.36. The lowest BCUT2D eigenvalue weighted by Crippen LogP contribution is -2.40. The molecule has 0 aliphatic carbocycles. The summed E-state index contributed by atoms with van der Waals surface area (Å²) < 4.78 is 25.3. The van der Waals surface area contributed by atoms with E-state index in [1.807, 2.05) is 20.0 Å². The summed E-state index contributed by atoms with van der Waals surface area (Å²) in [6.45, 7) is 4.09. The van der Waals surface area contributed by atoms with Gasteiger partial charge in [-0.05, 0) is 19.1 Å². The van der Waals surface area contributed by atoms with Crippen molar-refractivity contribution >= 4 is 5.82 Å². The van der Waals surface area contributed by atoms with Gasteiger partial charge in [0.25, 0.3) is 0 Å². The minimum atomic E-state index is -0.273. The molecule has 1 fully saturated rings. The summed E-state index contributed by atoms with van der Waals surface area (Å²) in [6.07, 6.45) is 0. The van der Waals surface area contributed by atoms with Crippen LogP contribution in [0.4, 0.5) is 10.2 Å². The van der Waals surface area contributed by atoms with Crippen molar-refractivity contribution in [3.8, 4) is 5.75 Å². The molecule has 1 aromatic carbocycles. The Bertz CT molecular complexity index is 741. The number of aromatic nitrogens is 2. The first-order valence-corrected chi connectivity index (χ1v) is 8.29. The number of aryl methyl sites for hydroxylation is 1. The molecule has 0 amide bonds. The molecule has 1 atom stereocenters. The zero-order valence-corrected chi connectivity index (χ0v) is 14.8. The number of morpholine rings is 1. The van der Waals surface area contributed by atoms with Crippen molar-refractivity contribution in [1.29, 1.82) is 0 Å². The molecule has 1 aliphatic heterocycles. The van der Waals surface area contributed by atoms with Gasteiger partial charge in [0.2, 0.25) is 0 Å². The second-order valence-corrected chi connectivity index (χ2v) is 5.98. The first kappa shape index (κ1) is 17.6. The number of benzene rings is 1. The smallest absolute Gasteiger partial charge is 0.150 e. The molecule has 1 N–H and O–H groups in total. The van der Waals surface area contributed by atoms with Crippen LogP contribution in [0.3, 0.4) is 0 Å². The average molecular weight is 346 g/mol. The summed E-state index contributed by atoms with van der Waals surface area (Å²) in [7, 11) is 3.38. The number of methoxy groups -OCH3 is 1. The maximum Gasteiger partial charge on any atom is 0.150 e. The molecule has 0 spiro atoms. The topological polar surface area (TPSA) is 59.5 Å². The van der Waals surface area contributed by atoms with Crippen LogP contribution in [0.25, 0.3) is 0 Å². The van der Waals surface area contributed by atoms with Crippen LogP contribution in [0, 0.1) is 12.7 Å². The van der Waals surface area contributed by atoms with Crippen LogP contribution in [0.1, 0.15) is 23.1 Å². The summed E-state index contributed by atoms with van der Waals surface area (Å²) >= 11 is 0. The van der Waals surface area contributed by atoms with Gasteiger partial charge in [-0.25, -0.2) is 14.4 Å². The summed E-state index contributed by atoms with van der Waals surface area (Å²) in [6, 6.07) is 6.63. The average Bonchev–Trinajstić information content (AvgIpc) is 2.63. The third-order valence-corrected chi connectivity index (χ3v) is 4.32. The number of nitrogens with one attached hydrogen (secondary N) is 1. The Labute approximate surface area is 147 Å². The third-order valence-electron chi connectivity index (χ3n) is 4.32. The fourth-order valence-electron chi connectivity index (χ4n) is 3.02. The van der Waals surface area contributed by atoms with E-state index in [1.54, 1.807) is 19.2 Å². The Hall–Kier alpha value is -2.25. The molecular formula is C18H23FN4O2. The van der Waals surface area contributed by atoms with E-state index in [0.29, 0.717) is 43.4 Å². The highest BCUT2D eigenvalue weighted by Gasteiger charge is 2.29. The van der Waals surface area contributed by atoms with Crippen LogP contribution in [0.15, 0.2) is 24.3 Å². The molecule has 2 aromatic rings. The fourth-order valence-corrected chi connectivity index (χ4v) is 3.02. The number of hydrogen-bond donors (Lipinski definition) is 1. The lowest BCUT2D eigenvalue weighted by Gasteiger charge is -2.35. The van der Waals surface area contributed by atoms with E-state index in [9.17, 15) is 4.39 Å². The van der Waals surface area contributed by atoms with Crippen molar-refractivity contribution in [2.45, 2.75) is 19.5 Å². The van der Waals surface area contributed by atoms with Gasteiger partial charge in [-0.2, -0.15) is 0 Å². The molecule has 0 radical (unpaired) electrons. The standard InChI is InChI=1S/C18H23FN4O2/c1-12-9-17(20-2)22-18(21-12)15-11-25-8-7-23(15)10-13-14(19)5-4-6-16(13)24-3/h4-6,9,15H,7-8,10-11H2,1-3H3,(H,20,21,22)/t15-/m1/s1. The van der Waals surface area contributed by atoms with Crippen molar-refractivity contribution in [3.63, 3.8) is 0 Å². The number of nitrogens with zero attached hydrogens (tertiary/aromatic N) is 3. The monoisotopic (exact) mass is 346 g/mol. The maximum absolute atomic E-state index is 14.3. The van der Waals surface area contributed by atoms with E-state index in [-0.39, 0.29) is 11.9 Å². The van der Waals surface area contributed by atoms with E-state index in [2.05, 4.69) is 20.2 Å². The highest BCUT2D eigenvalue weighted by atomic mass is 19.1. The van der Waals surface area contributed by atoms with Crippen molar-refractivity contribution in [3.05, 3.63) is 47.2 Å². The van der Waals surface area contributed by atoms with E-state index >= 15 is 0 Å². The lowest BCUT2D eigenvalue weighted by molar-refractivity contribution is -0.0166. The Kier molecular flexibility index (Phi) is 5.45. The van der Waals surface area contributed by atoms with Crippen LogP contribution in [0.5, 0.6) is 5.75 Å². The van der Waals surface area contributed by atoms with Gasteiger partial charge in [0.1, 0.15) is 23.2 Å². The maximum atomic E-state index is 14.3. The van der Waals surface area contributed by atoms with Gasteiger partial charge in [-0.1, -0.05) is 6.07 Å². The lowest BCUT2D eigenvalue weighted by atomic mass is 10.1. The minimum Gasteiger partial charge on any atom is -0.496 e. The van der Waals surface area contributed by atoms with E-state index in [0.717, 1.165) is 11.5 Å². The molecule has 1 saturated heterocycles. The number of rotatable bonds is 5. The number of anilines is 1. The first-order chi connectivity index (χ1) is 12.1. The van der Waals surface area contributed by atoms with Gasteiger partial charge >= 0.3 is 0 Å². The van der Waals surface area contributed by atoms with Crippen molar-refractivity contribution in [2.75, 3.05) is 39.2 Å². The minimum absolute atomic E-state index is 0.134. The largest absolute Gasteiger partial charge is 0.496 e. The van der Waals surface area contributed by atoms with E-state index in [4.69, 9.17) is 9.47 Å². The predicted molar refractivity (Wildman–Crippen MR) is 93.2 cm³/mol. The molecular weight excluding hydrogens is 323 g/mol. The van der Waals surface area contributed by atoms with Crippen molar-refractivity contribution in [2.24, 2.45) is 0 Å². The third kappa shape index (κ3) is 3.88. The Morgan fingerprint density at radius 2 is 2.24 bits per heavy atom. The zero-order valence-electron chi connectivity index (χ0n) is 14.8. The molecule has 7 heteroatoms. The SMILES string of the molecule is CNc1cc(C)nc([C@H]2COCCN2Cc2c(F)cccc2OC)n1. The van der Waals surface area contributed by atoms with Gasteiger partial charge in [0.05, 0.1) is 26.4 Å². The van der Waals surface area contributed by atoms with Gasteiger partial charge in [0, 0.05) is 37.5 Å². The molecule has 1 aromatic heterocycles. The summed E-state index contributed by atoms with van der Waals surface area (Å²) in [5.41, 5.74) is 1.42. The van der Waals surface area contributed by atoms with Crippen LogP contribution < -0.4 is 10.1 Å². The molecule has 0 saturated carbocycles. The van der Waals surface area contributed by atoms with Crippen molar-refractivity contribution < 1.29 is 13.9 Å². The molecule has 0 unspecified atom stereocenters. The van der Waals surface area contributed by atoms with E-state index < -0.39 is 0 Å². The zero-order chi connectivity index (χ0) is 17.8. The van der Waals surface area contributed by atoms with Crippen LogP contribution in [0.2, 0.25) is 0 Å². The second-order valence-electron chi connectivity index (χ2n) is 5.98. The van der Waals surface area contributed by atoms with Gasteiger partial charge in [0.15, 0.2) is 0 Å². The molecule has 3 rings (SSSR count). The fraction of sp³-hybridized carbons (Fsp3) is 0.444. The van der Waals surface area contributed by atoms with Gasteiger partial charge in [-0.3, -0.25) is 4.90 Å². The van der Waals surface area contributed by atoms with Crippen LogP contribution in [-0.4, -0.2) is 48.8 Å². The van der Waals surface area contributed by atoms with Gasteiger partial charge in [-0.15, -0.1) is 0 Å². The second kappa shape index (κ2) is 7.76. The quantitative estimate of drug-likeness (QED) is 0.898. The van der Waals surface area contributed by atoms with Crippen LogP contribution >= 0.6 is 0 Å². The molecule has 134 valence electrons.